The summed E-state index contributed by atoms with van der Waals surface area (Å²) in [4.78, 5) is 23.8. The molecule has 20 heavy (non-hydrogen) atoms. The lowest BCUT2D eigenvalue weighted by Gasteiger charge is -2.38. The van der Waals surface area contributed by atoms with E-state index in [0.29, 0.717) is 0 Å². The van der Waals surface area contributed by atoms with E-state index in [1.54, 1.807) is 0 Å². The second-order valence-corrected chi connectivity index (χ2v) is 6.05. The third-order valence-corrected chi connectivity index (χ3v) is 5.20. The van der Waals surface area contributed by atoms with Crippen LogP contribution in [0.3, 0.4) is 0 Å². The maximum Gasteiger partial charge on any atom is 0.230 e. The number of hydrogen-bond donors (Lipinski definition) is 0. The van der Waals surface area contributed by atoms with Crippen LogP contribution < -0.4 is 10.9 Å². The molecule has 0 heterocycles. The molecule has 0 spiro atoms. The molecule has 0 saturated heterocycles. The largest absolute Gasteiger partial charge is 0.285 e. The van der Waals surface area contributed by atoms with Gasteiger partial charge in [0.2, 0.25) is 10.9 Å². The number of fused-ring (bicyclic) bond motifs is 5. The Balaban J connectivity index is 2.01. The zero-order chi connectivity index (χ0) is 14.0. The van der Waals surface area contributed by atoms with E-state index >= 15 is 0 Å². The van der Waals surface area contributed by atoms with Gasteiger partial charge in [-0.05, 0) is 36.5 Å². The predicted octanol–water partition coefficient (Wildman–Crippen LogP) is 2.90. The summed E-state index contributed by atoms with van der Waals surface area (Å²) in [5.41, 5.74) is 6.35. The molecule has 0 saturated carbocycles. The zero-order valence-corrected chi connectivity index (χ0v) is 11.7. The van der Waals surface area contributed by atoms with Crippen molar-refractivity contribution in [1.29, 1.82) is 0 Å². The molecule has 2 heteroatoms. The van der Waals surface area contributed by atoms with E-state index in [0.717, 1.165) is 24.0 Å². The van der Waals surface area contributed by atoms with E-state index in [1.165, 1.54) is 22.3 Å². The molecule has 0 aromatic heterocycles. The van der Waals surface area contributed by atoms with E-state index in [1.807, 2.05) is 0 Å². The van der Waals surface area contributed by atoms with Crippen molar-refractivity contribution in [3.8, 4) is 0 Å². The maximum atomic E-state index is 12.0. The van der Waals surface area contributed by atoms with Crippen LogP contribution in [-0.4, -0.2) is 0 Å². The van der Waals surface area contributed by atoms with Crippen molar-refractivity contribution in [2.45, 2.75) is 38.5 Å². The van der Waals surface area contributed by atoms with Crippen LogP contribution in [0.15, 0.2) is 39.4 Å². The second kappa shape index (κ2) is 3.78. The summed E-state index contributed by atoms with van der Waals surface area (Å²) in [5.74, 6) is 0.244. The van der Waals surface area contributed by atoms with Gasteiger partial charge in [-0.15, -0.1) is 0 Å². The molecule has 0 amide bonds. The van der Waals surface area contributed by atoms with Crippen LogP contribution in [0.2, 0.25) is 0 Å². The molecule has 100 valence electrons. The van der Waals surface area contributed by atoms with Gasteiger partial charge >= 0.3 is 0 Å². The molecule has 2 aliphatic carbocycles. The van der Waals surface area contributed by atoms with E-state index < -0.39 is 0 Å². The first-order valence-corrected chi connectivity index (χ1v) is 7.23. The molecule has 4 rings (SSSR count). The molecular weight excluding hydrogens is 248 g/mol. The van der Waals surface area contributed by atoms with Gasteiger partial charge in [0.25, 0.3) is 0 Å². The Morgan fingerprint density at radius 3 is 2.55 bits per heavy atom. The quantitative estimate of drug-likeness (QED) is 0.686. The first-order valence-electron chi connectivity index (χ1n) is 7.23. The molecular formula is C18H16O2. The fourth-order valence-electron chi connectivity index (χ4n) is 4.06. The van der Waals surface area contributed by atoms with Gasteiger partial charge in [-0.1, -0.05) is 36.8 Å². The third kappa shape index (κ3) is 1.24. The van der Waals surface area contributed by atoms with Crippen LogP contribution in [0, 0.1) is 0 Å². The van der Waals surface area contributed by atoms with Crippen molar-refractivity contribution in [3.63, 3.8) is 0 Å². The van der Waals surface area contributed by atoms with Crippen molar-refractivity contribution >= 4 is 5.57 Å². The Labute approximate surface area is 117 Å². The molecule has 0 N–H and O–H groups in total. The molecule has 2 aromatic carbocycles. The number of benzene rings is 1. The molecule has 2 aliphatic rings. The van der Waals surface area contributed by atoms with Crippen LogP contribution in [0.5, 0.6) is 0 Å². The fraction of sp³-hybridized carbons (Fsp3) is 0.333. The van der Waals surface area contributed by atoms with Crippen molar-refractivity contribution in [2.75, 3.05) is 0 Å². The Hall–Kier alpha value is -1.96. The summed E-state index contributed by atoms with van der Waals surface area (Å²) in [6.07, 6.45) is 1.94. The first-order chi connectivity index (χ1) is 9.61. The maximum absolute atomic E-state index is 12.0. The monoisotopic (exact) mass is 264 g/mol. The van der Waals surface area contributed by atoms with Crippen LogP contribution in [0.4, 0.5) is 0 Å². The van der Waals surface area contributed by atoms with Crippen LogP contribution in [0.1, 0.15) is 54.4 Å². The minimum atomic E-state index is -0.246. The highest BCUT2D eigenvalue weighted by atomic mass is 16.2. The molecule has 2 aromatic rings. The standard InChI is InChI=1S/C18H16O2/c1-9-10(2)15-16(18(20)17(15)19)13-8-7-11-5-3-4-6-12(11)14(9)13/h3-6,10,13H,7-8H2,1-2H3. The highest BCUT2D eigenvalue weighted by Gasteiger charge is 2.40. The van der Waals surface area contributed by atoms with Gasteiger partial charge in [-0.3, -0.25) is 9.59 Å². The number of hydrogen-bond acceptors (Lipinski definition) is 2. The molecule has 0 bridgehead atoms. The van der Waals surface area contributed by atoms with Crippen molar-refractivity contribution in [2.24, 2.45) is 0 Å². The number of aryl methyl sites for hydroxylation is 1. The van der Waals surface area contributed by atoms with Crippen LogP contribution in [-0.2, 0) is 6.42 Å². The van der Waals surface area contributed by atoms with Crippen molar-refractivity contribution < 1.29 is 0 Å². The van der Waals surface area contributed by atoms with Gasteiger partial charge in [-0.25, -0.2) is 0 Å². The van der Waals surface area contributed by atoms with E-state index in [2.05, 4.69) is 38.1 Å². The lowest BCUT2D eigenvalue weighted by molar-refractivity contribution is 0.660. The molecule has 0 aliphatic heterocycles. The summed E-state index contributed by atoms with van der Waals surface area (Å²) >= 11 is 0. The smallest absolute Gasteiger partial charge is 0.230 e. The molecule has 2 atom stereocenters. The minimum absolute atomic E-state index is 0.0904. The Morgan fingerprint density at radius 1 is 1.05 bits per heavy atom. The third-order valence-electron chi connectivity index (χ3n) is 5.20. The second-order valence-electron chi connectivity index (χ2n) is 6.05. The molecule has 2 unspecified atom stereocenters. The Morgan fingerprint density at radius 2 is 1.75 bits per heavy atom. The SMILES string of the molecule is CC1=C2c3ccccc3CCC2c2c(c(=O)c2=O)C1C. The zero-order valence-electron chi connectivity index (χ0n) is 11.7. The average molecular weight is 264 g/mol. The molecule has 0 radical (unpaired) electrons. The summed E-state index contributed by atoms with van der Waals surface area (Å²) in [5, 5.41) is 0. The van der Waals surface area contributed by atoms with E-state index in [9.17, 15) is 9.59 Å². The van der Waals surface area contributed by atoms with Gasteiger partial charge in [0.05, 0.1) is 0 Å². The lowest BCUT2D eigenvalue weighted by Crippen LogP contribution is -2.45. The number of allylic oxidation sites excluding steroid dienone is 2. The van der Waals surface area contributed by atoms with E-state index in [4.69, 9.17) is 0 Å². The fourth-order valence-corrected chi connectivity index (χ4v) is 4.06. The summed E-state index contributed by atoms with van der Waals surface area (Å²) < 4.78 is 0. The van der Waals surface area contributed by atoms with E-state index in [-0.39, 0.29) is 22.7 Å². The van der Waals surface area contributed by atoms with Crippen molar-refractivity contribution in [3.05, 3.63) is 72.5 Å². The Kier molecular flexibility index (Phi) is 2.24. The predicted molar refractivity (Wildman–Crippen MR) is 79.9 cm³/mol. The number of rotatable bonds is 0. The molecule has 0 fully saturated rings. The van der Waals surface area contributed by atoms with Gasteiger partial charge in [0.15, 0.2) is 0 Å². The highest BCUT2D eigenvalue weighted by molar-refractivity contribution is 5.81. The van der Waals surface area contributed by atoms with Gasteiger partial charge in [0, 0.05) is 23.0 Å². The normalized spacial score (nSPS) is 24.3. The van der Waals surface area contributed by atoms with Gasteiger partial charge < -0.3 is 0 Å². The molecule has 2 nitrogen and oxygen atoms in total. The van der Waals surface area contributed by atoms with Gasteiger partial charge in [-0.2, -0.15) is 0 Å². The minimum Gasteiger partial charge on any atom is -0.285 e. The summed E-state index contributed by atoms with van der Waals surface area (Å²) in [6, 6.07) is 8.46. The summed E-state index contributed by atoms with van der Waals surface area (Å²) in [7, 11) is 0. The van der Waals surface area contributed by atoms with Crippen LogP contribution in [0.25, 0.3) is 5.57 Å². The average Bonchev–Trinajstić information content (AvgIpc) is 2.48. The highest BCUT2D eigenvalue weighted by Crippen LogP contribution is 2.50. The van der Waals surface area contributed by atoms with Crippen molar-refractivity contribution in [1.82, 2.24) is 0 Å². The summed E-state index contributed by atoms with van der Waals surface area (Å²) in [6.45, 7) is 4.17. The first kappa shape index (κ1) is 11.8. The Bertz CT molecular complexity index is 831. The lowest BCUT2D eigenvalue weighted by atomic mass is 9.64. The van der Waals surface area contributed by atoms with Crippen LogP contribution >= 0.6 is 0 Å². The van der Waals surface area contributed by atoms with Gasteiger partial charge in [0.1, 0.15) is 0 Å². The topological polar surface area (TPSA) is 34.1 Å².